The van der Waals surface area contributed by atoms with Crippen LogP contribution in [0.5, 0.6) is 5.75 Å². The molecule has 1 aromatic carbocycles. The molecule has 0 aliphatic carbocycles. The van der Waals surface area contributed by atoms with E-state index in [9.17, 15) is 4.79 Å². The van der Waals surface area contributed by atoms with Crippen LogP contribution in [0.2, 0.25) is 0 Å². The minimum Gasteiger partial charge on any atom is -0.497 e. The molecule has 0 bridgehead atoms. The molecular weight excluding hydrogens is 382 g/mol. The molecule has 0 radical (unpaired) electrons. The van der Waals surface area contributed by atoms with Crippen LogP contribution in [0.4, 0.5) is 5.69 Å². The first-order valence-electron chi connectivity index (χ1n) is 5.00. The summed E-state index contributed by atoms with van der Waals surface area (Å²) in [4.78, 5) is 12.0. The Morgan fingerprint density at radius 2 is 1.94 bits per heavy atom. The van der Waals surface area contributed by atoms with Crippen LogP contribution in [0.3, 0.4) is 0 Å². The standard InChI is InChI=1S/C12H9Br2NO2S/c1-17-8-4-2-7(3-5-8)15-12(16)9-6-10(13)18-11(9)14/h2-6H,1H3,(H,15,16). The Kier molecular flexibility index (Phi) is 4.42. The molecular formula is C12H9Br2NO2S. The van der Waals surface area contributed by atoms with Crippen molar-refractivity contribution in [3.8, 4) is 5.75 Å². The Morgan fingerprint density at radius 1 is 1.28 bits per heavy atom. The number of anilines is 1. The molecule has 0 unspecified atom stereocenters. The predicted octanol–water partition coefficient (Wildman–Crippen LogP) is 4.53. The maximum atomic E-state index is 12.0. The number of halogens is 2. The lowest BCUT2D eigenvalue weighted by Crippen LogP contribution is -2.11. The third-order valence-electron chi connectivity index (χ3n) is 2.25. The van der Waals surface area contributed by atoms with E-state index in [0.29, 0.717) is 5.56 Å². The van der Waals surface area contributed by atoms with Gasteiger partial charge in [-0.1, -0.05) is 0 Å². The highest BCUT2D eigenvalue weighted by Crippen LogP contribution is 2.32. The molecule has 1 heterocycles. The van der Waals surface area contributed by atoms with Gasteiger partial charge in [0, 0.05) is 5.69 Å². The van der Waals surface area contributed by atoms with Crippen LogP contribution in [0.25, 0.3) is 0 Å². The first-order valence-corrected chi connectivity index (χ1v) is 7.40. The molecule has 0 fully saturated rings. The molecule has 0 saturated heterocycles. The van der Waals surface area contributed by atoms with Crippen LogP contribution >= 0.6 is 43.2 Å². The fourth-order valence-electron chi connectivity index (χ4n) is 1.37. The summed E-state index contributed by atoms with van der Waals surface area (Å²) in [5, 5.41) is 2.83. The maximum absolute atomic E-state index is 12.0. The number of rotatable bonds is 3. The first-order chi connectivity index (χ1) is 8.60. The molecule has 0 spiro atoms. The number of amides is 1. The molecule has 0 atom stereocenters. The molecule has 3 nitrogen and oxygen atoms in total. The molecule has 0 aliphatic heterocycles. The zero-order chi connectivity index (χ0) is 13.1. The van der Waals surface area contributed by atoms with E-state index >= 15 is 0 Å². The number of methoxy groups -OCH3 is 1. The maximum Gasteiger partial charge on any atom is 0.257 e. The Balaban J connectivity index is 2.13. The lowest BCUT2D eigenvalue weighted by molar-refractivity contribution is 0.102. The molecule has 2 aromatic rings. The van der Waals surface area contributed by atoms with Gasteiger partial charge in [0.1, 0.15) is 5.75 Å². The van der Waals surface area contributed by atoms with Crippen LogP contribution in [-0.4, -0.2) is 13.0 Å². The summed E-state index contributed by atoms with van der Waals surface area (Å²) in [6.45, 7) is 0. The number of thiophene rings is 1. The lowest BCUT2D eigenvalue weighted by Gasteiger charge is -2.05. The van der Waals surface area contributed by atoms with Crippen molar-refractivity contribution in [3.05, 3.63) is 43.5 Å². The number of carbonyl (C=O) groups excluding carboxylic acids is 1. The van der Waals surface area contributed by atoms with Gasteiger partial charge in [0.2, 0.25) is 0 Å². The van der Waals surface area contributed by atoms with E-state index in [2.05, 4.69) is 37.2 Å². The van der Waals surface area contributed by atoms with Gasteiger partial charge >= 0.3 is 0 Å². The van der Waals surface area contributed by atoms with Crippen molar-refractivity contribution < 1.29 is 9.53 Å². The summed E-state index contributed by atoms with van der Waals surface area (Å²) in [5.74, 6) is 0.612. The number of hydrogen-bond donors (Lipinski definition) is 1. The average molecular weight is 391 g/mol. The Hall–Kier alpha value is -0.850. The van der Waals surface area contributed by atoms with E-state index in [0.717, 1.165) is 19.0 Å². The molecule has 0 saturated carbocycles. The minimum absolute atomic E-state index is 0.144. The summed E-state index contributed by atoms with van der Waals surface area (Å²) in [7, 11) is 1.60. The van der Waals surface area contributed by atoms with Crippen LogP contribution in [0.15, 0.2) is 37.9 Å². The van der Waals surface area contributed by atoms with Gasteiger partial charge < -0.3 is 10.1 Å². The van der Waals surface area contributed by atoms with Crippen molar-refractivity contribution in [1.82, 2.24) is 0 Å². The highest BCUT2D eigenvalue weighted by Gasteiger charge is 2.13. The second-order valence-electron chi connectivity index (χ2n) is 3.42. The molecule has 18 heavy (non-hydrogen) atoms. The zero-order valence-corrected chi connectivity index (χ0v) is 13.4. The molecule has 1 aromatic heterocycles. The van der Waals surface area contributed by atoms with Crippen molar-refractivity contribution in [2.75, 3.05) is 12.4 Å². The smallest absolute Gasteiger partial charge is 0.257 e. The van der Waals surface area contributed by atoms with E-state index in [1.807, 2.05) is 0 Å². The van der Waals surface area contributed by atoms with Crippen LogP contribution < -0.4 is 10.1 Å². The second kappa shape index (κ2) is 5.86. The summed E-state index contributed by atoms with van der Waals surface area (Å²) in [5.41, 5.74) is 1.35. The number of benzene rings is 1. The highest BCUT2D eigenvalue weighted by atomic mass is 79.9. The van der Waals surface area contributed by atoms with Gasteiger partial charge in [0.25, 0.3) is 5.91 Å². The van der Waals surface area contributed by atoms with Gasteiger partial charge in [-0.15, -0.1) is 11.3 Å². The fraction of sp³-hybridized carbons (Fsp3) is 0.0833. The second-order valence-corrected chi connectivity index (χ2v) is 7.17. The van der Waals surface area contributed by atoms with E-state index in [-0.39, 0.29) is 5.91 Å². The Labute approximate surface area is 125 Å². The van der Waals surface area contributed by atoms with Gasteiger partial charge in [-0.3, -0.25) is 4.79 Å². The Morgan fingerprint density at radius 3 is 2.44 bits per heavy atom. The van der Waals surface area contributed by atoms with Crippen molar-refractivity contribution >= 4 is 54.8 Å². The van der Waals surface area contributed by atoms with Crippen molar-refractivity contribution in [3.63, 3.8) is 0 Å². The first kappa shape index (κ1) is 13.6. The number of carbonyl (C=O) groups is 1. The van der Waals surface area contributed by atoms with Crippen molar-refractivity contribution in [2.45, 2.75) is 0 Å². The van der Waals surface area contributed by atoms with E-state index in [1.54, 1.807) is 37.4 Å². The molecule has 1 N–H and O–H groups in total. The van der Waals surface area contributed by atoms with Crippen molar-refractivity contribution in [1.29, 1.82) is 0 Å². The third kappa shape index (κ3) is 3.13. The predicted molar refractivity (Wildman–Crippen MR) is 80.7 cm³/mol. The molecule has 6 heteroatoms. The van der Waals surface area contributed by atoms with E-state index < -0.39 is 0 Å². The zero-order valence-electron chi connectivity index (χ0n) is 9.37. The summed E-state index contributed by atoms with van der Waals surface area (Å²) in [6.07, 6.45) is 0. The van der Waals surface area contributed by atoms with Gasteiger partial charge in [-0.25, -0.2) is 0 Å². The lowest BCUT2D eigenvalue weighted by atomic mass is 10.2. The molecule has 0 aliphatic rings. The quantitative estimate of drug-likeness (QED) is 0.835. The SMILES string of the molecule is COc1ccc(NC(=O)c2cc(Br)sc2Br)cc1. The number of hydrogen-bond acceptors (Lipinski definition) is 3. The molecule has 94 valence electrons. The minimum atomic E-state index is -0.144. The average Bonchev–Trinajstić information content (AvgIpc) is 2.69. The number of nitrogens with one attached hydrogen (secondary N) is 1. The normalized spacial score (nSPS) is 10.2. The van der Waals surface area contributed by atoms with Gasteiger partial charge in [-0.05, 0) is 62.2 Å². The Bertz CT molecular complexity index is 566. The number of ether oxygens (including phenoxy) is 1. The fourth-order valence-corrected chi connectivity index (χ4v) is 4.16. The van der Waals surface area contributed by atoms with Crippen LogP contribution in [0, 0.1) is 0 Å². The van der Waals surface area contributed by atoms with E-state index in [1.165, 1.54) is 11.3 Å². The highest BCUT2D eigenvalue weighted by molar-refractivity contribution is 9.12. The van der Waals surface area contributed by atoms with Crippen LogP contribution in [-0.2, 0) is 0 Å². The third-order valence-corrected chi connectivity index (χ3v) is 4.59. The summed E-state index contributed by atoms with van der Waals surface area (Å²) in [6, 6.07) is 8.98. The topological polar surface area (TPSA) is 38.3 Å². The summed E-state index contributed by atoms with van der Waals surface area (Å²) >= 11 is 8.18. The van der Waals surface area contributed by atoms with Gasteiger partial charge in [0.15, 0.2) is 0 Å². The van der Waals surface area contributed by atoms with Crippen LogP contribution in [0.1, 0.15) is 10.4 Å². The van der Waals surface area contributed by atoms with Gasteiger partial charge in [0.05, 0.1) is 20.2 Å². The van der Waals surface area contributed by atoms with Gasteiger partial charge in [-0.2, -0.15) is 0 Å². The monoisotopic (exact) mass is 389 g/mol. The molecule has 2 rings (SSSR count). The summed E-state index contributed by atoms with van der Waals surface area (Å²) < 4.78 is 6.77. The molecule has 1 amide bonds. The van der Waals surface area contributed by atoms with E-state index in [4.69, 9.17) is 4.74 Å². The van der Waals surface area contributed by atoms with Crippen molar-refractivity contribution in [2.24, 2.45) is 0 Å². The largest absolute Gasteiger partial charge is 0.497 e.